The number of ketones is 1. The Labute approximate surface area is 240 Å². The fourth-order valence-electron chi connectivity index (χ4n) is 5.55. The summed E-state index contributed by atoms with van der Waals surface area (Å²) in [5.41, 5.74) is 4.07. The van der Waals surface area contributed by atoms with Crippen molar-refractivity contribution >= 4 is 23.5 Å². The SMILES string of the molecule is CCSCCOC(=O)C1=C(C)NC2=C(C(=O)CC(c3ccccc3OC)C2)C1c1cc(OC)c(OC)c(OC)c1. The average molecular weight is 568 g/mol. The molecule has 0 saturated heterocycles. The number of carbonyl (C=O) groups is 2. The number of nitrogens with one attached hydrogen (secondary N) is 1. The first kappa shape index (κ1) is 29.4. The van der Waals surface area contributed by atoms with Gasteiger partial charge in [-0.25, -0.2) is 4.79 Å². The Kier molecular flexibility index (Phi) is 9.68. The minimum atomic E-state index is -0.664. The van der Waals surface area contributed by atoms with Crippen LogP contribution >= 0.6 is 11.8 Å². The number of allylic oxidation sites excluding steroid dienone is 3. The second-order valence-corrected chi connectivity index (χ2v) is 10.9. The van der Waals surface area contributed by atoms with E-state index in [-0.39, 0.29) is 24.7 Å². The molecule has 0 fully saturated rings. The van der Waals surface area contributed by atoms with E-state index >= 15 is 0 Å². The van der Waals surface area contributed by atoms with Crippen LogP contribution in [0.2, 0.25) is 0 Å². The van der Waals surface area contributed by atoms with Gasteiger partial charge in [0.05, 0.1) is 34.0 Å². The molecule has 1 N–H and O–H groups in total. The van der Waals surface area contributed by atoms with Crippen molar-refractivity contribution in [2.75, 3.05) is 46.6 Å². The molecule has 2 unspecified atom stereocenters. The van der Waals surface area contributed by atoms with Crippen LogP contribution < -0.4 is 24.3 Å². The molecule has 2 aromatic rings. The van der Waals surface area contributed by atoms with Crippen LogP contribution in [-0.4, -0.2) is 58.3 Å². The number of carbonyl (C=O) groups excluding carboxylic acids is 2. The maximum atomic E-state index is 14.0. The van der Waals surface area contributed by atoms with Crippen LogP contribution in [0.3, 0.4) is 0 Å². The highest BCUT2D eigenvalue weighted by Crippen LogP contribution is 2.49. The van der Waals surface area contributed by atoms with Crippen molar-refractivity contribution in [2.24, 2.45) is 0 Å². The molecule has 8 nitrogen and oxygen atoms in total. The van der Waals surface area contributed by atoms with Crippen LogP contribution in [0.25, 0.3) is 0 Å². The fourth-order valence-corrected chi connectivity index (χ4v) is 6.04. The Bertz CT molecular complexity index is 1310. The van der Waals surface area contributed by atoms with Crippen molar-refractivity contribution in [2.45, 2.75) is 38.5 Å². The minimum absolute atomic E-state index is 0.0391. The predicted octanol–water partition coefficient (Wildman–Crippen LogP) is 5.38. The summed E-state index contributed by atoms with van der Waals surface area (Å²) in [6.45, 7) is 4.20. The van der Waals surface area contributed by atoms with E-state index in [1.54, 1.807) is 45.2 Å². The van der Waals surface area contributed by atoms with Gasteiger partial charge in [0.15, 0.2) is 17.3 Å². The van der Waals surface area contributed by atoms with E-state index in [1.807, 2.05) is 31.2 Å². The molecule has 0 aromatic heterocycles. The molecule has 1 aliphatic carbocycles. The quantitative estimate of drug-likeness (QED) is 0.284. The molecule has 9 heteroatoms. The molecular formula is C31H37NO7S. The summed E-state index contributed by atoms with van der Waals surface area (Å²) in [7, 11) is 6.26. The van der Waals surface area contributed by atoms with Gasteiger partial charge in [0, 0.05) is 41.0 Å². The molecule has 0 radical (unpaired) electrons. The van der Waals surface area contributed by atoms with Gasteiger partial charge in [-0.05, 0) is 48.4 Å². The summed E-state index contributed by atoms with van der Waals surface area (Å²) < 4.78 is 28.1. The molecule has 1 aliphatic heterocycles. The molecular weight excluding hydrogens is 530 g/mol. The number of ether oxygens (including phenoxy) is 5. The zero-order valence-electron chi connectivity index (χ0n) is 23.9. The highest BCUT2D eigenvalue weighted by atomic mass is 32.2. The number of para-hydroxylation sites is 1. The van der Waals surface area contributed by atoms with Crippen molar-refractivity contribution in [1.29, 1.82) is 0 Å². The van der Waals surface area contributed by atoms with Crippen molar-refractivity contribution in [3.63, 3.8) is 0 Å². The van der Waals surface area contributed by atoms with E-state index in [0.717, 1.165) is 22.8 Å². The van der Waals surface area contributed by atoms with Crippen LogP contribution in [0.15, 0.2) is 58.9 Å². The Morgan fingerprint density at radius 3 is 2.27 bits per heavy atom. The summed E-state index contributed by atoms with van der Waals surface area (Å²) in [5, 5.41) is 3.40. The molecule has 1 heterocycles. The highest BCUT2D eigenvalue weighted by Gasteiger charge is 2.42. The highest BCUT2D eigenvalue weighted by molar-refractivity contribution is 7.99. The largest absolute Gasteiger partial charge is 0.496 e. The third-order valence-electron chi connectivity index (χ3n) is 7.31. The standard InChI is InChI=1S/C31H37NO7S/c1-7-40-13-12-39-31(34)27-18(2)32-22-14-19(21-10-8-9-11-24(21)35-3)15-23(33)29(22)28(27)20-16-25(36-4)30(38-6)26(17-20)37-5/h8-11,16-17,19,28,32H,7,12-15H2,1-6H3. The molecule has 2 aliphatic rings. The van der Waals surface area contributed by atoms with Crippen molar-refractivity contribution in [3.05, 3.63) is 70.1 Å². The first-order chi connectivity index (χ1) is 19.4. The van der Waals surface area contributed by atoms with E-state index in [4.69, 9.17) is 23.7 Å². The predicted molar refractivity (Wildman–Crippen MR) is 156 cm³/mol. The van der Waals surface area contributed by atoms with Crippen LogP contribution in [0.5, 0.6) is 23.0 Å². The second-order valence-electron chi connectivity index (χ2n) is 9.55. The zero-order valence-corrected chi connectivity index (χ0v) is 24.7. The number of rotatable bonds is 11. The van der Waals surface area contributed by atoms with Crippen molar-refractivity contribution < 1.29 is 33.3 Å². The van der Waals surface area contributed by atoms with Crippen LogP contribution in [0.1, 0.15) is 49.7 Å². The topological polar surface area (TPSA) is 92.3 Å². The maximum absolute atomic E-state index is 14.0. The molecule has 40 heavy (non-hydrogen) atoms. The second kappa shape index (κ2) is 13.2. The van der Waals surface area contributed by atoms with E-state index in [0.29, 0.717) is 51.8 Å². The molecule has 0 saturated carbocycles. The molecule has 0 spiro atoms. The summed E-state index contributed by atoms with van der Waals surface area (Å²) in [6, 6.07) is 11.4. The molecule has 0 bridgehead atoms. The molecule has 2 aromatic carbocycles. The lowest BCUT2D eigenvalue weighted by Crippen LogP contribution is -2.36. The lowest BCUT2D eigenvalue weighted by Gasteiger charge is -2.37. The number of hydrogen-bond donors (Lipinski definition) is 1. The van der Waals surface area contributed by atoms with Crippen LogP contribution in [0.4, 0.5) is 0 Å². The maximum Gasteiger partial charge on any atom is 0.336 e. The summed E-state index contributed by atoms with van der Waals surface area (Å²) in [5.74, 6) is 2.49. The monoisotopic (exact) mass is 567 g/mol. The lowest BCUT2D eigenvalue weighted by atomic mass is 9.71. The molecule has 4 rings (SSSR count). The van der Waals surface area contributed by atoms with Gasteiger partial charge in [0.2, 0.25) is 5.75 Å². The number of thioether (sulfide) groups is 1. The normalized spacial score (nSPS) is 18.6. The van der Waals surface area contributed by atoms with Gasteiger partial charge >= 0.3 is 5.97 Å². The van der Waals surface area contributed by atoms with Gasteiger partial charge in [-0.2, -0.15) is 11.8 Å². The Morgan fingerprint density at radius 2 is 1.65 bits per heavy atom. The van der Waals surface area contributed by atoms with Crippen molar-refractivity contribution in [3.8, 4) is 23.0 Å². The summed E-state index contributed by atoms with van der Waals surface area (Å²) in [4.78, 5) is 27.6. The number of esters is 1. The van der Waals surface area contributed by atoms with Crippen LogP contribution in [0, 0.1) is 0 Å². The number of dihydropyridines is 1. The van der Waals surface area contributed by atoms with E-state index < -0.39 is 11.9 Å². The third-order valence-corrected chi connectivity index (χ3v) is 8.18. The Balaban J connectivity index is 1.83. The third kappa shape index (κ3) is 5.80. The number of benzene rings is 2. The van der Waals surface area contributed by atoms with Gasteiger partial charge in [-0.1, -0.05) is 25.1 Å². The zero-order chi connectivity index (χ0) is 28.8. The van der Waals surface area contributed by atoms with Gasteiger partial charge in [-0.3, -0.25) is 4.79 Å². The first-order valence-electron chi connectivity index (χ1n) is 13.3. The van der Waals surface area contributed by atoms with Gasteiger partial charge in [0.25, 0.3) is 0 Å². The fraction of sp³-hybridized carbons (Fsp3) is 0.419. The lowest BCUT2D eigenvalue weighted by molar-refractivity contribution is -0.138. The number of methoxy groups -OCH3 is 4. The van der Waals surface area contributed by atoms with Gasteiger partial charge < -0.3 is 29.0 Å². The Morgan fingerprint density at radius 1 is 0.975 bits per heavy atom. The van der Waals surface area contributed by atoms with E-state index in [9.17, 15) is 9.59 Å². The first-order valence-corrected chi connectivity index (χ1v) is 14.5. The van der Waals surface area contributed by atoms with Crippen molar-refractivity contribution in [1.82, 2.24) is 5.32 Å². The Hall–Kier alpha value is -3.59. The summed E-state index contributed by atoms with van der Waals surface area (Å²) in [6.07, 6.45) is 0.880. The van der Waals surface area contributed by atoms with Crippen LogP contribution in [-0.2, 0) is 14.3 Å². The average Bonchev–Trinajstić information content (AvgIpc) is 2.97. The van der Waals surface area contributed by atoms with Gasteiger partial charge in [0.1, 0.15) is 12.4 Å². The van der Waals surface area contributed by atoms with E-state index in [2.05, 4.69) is 12.2 Å². The molecule has 214 valence electrons. The van der Waals surface area contributed by atoms with E-state index in [1.165, 1.54) is 7.11 Å². The minimum Gasteiger partial charge on any atom is -0.496 e. The number of hydrogen-bond acceptors (Lipinski definition) is 9. The molecule has 0 amide bonds. The molecule has 2 atom stereocenters. The number of Topliss-reactive ketones (excluding diaryl/α,β-unsaturated/α-hetero) is 1. The summed E-state index contributed by atoms with van der Waals surface area (Å²) >= 11 is 1.70. The smallest absolute Gasteiger partial charge is 0.336 e. The van der Waals surface area contributed by atoms with Gasteiger partial charge in [-0.15, -0.1) is 0 Å².